The largest absolute Gasteiger partial charge is 0.389 e. The van der Waals surface area contributed by atoms with Crippen molar-refractivity contribution in [2.24, 2.45) is 11.3 Å². The molecular formula is C23H38N2O2. The minimum Gasteiger partial charge on any atom is -0.389 e. The van der Waals surface area contributed by atoms with Gasteiger partial charge in [-0.05, 0) is 49.1 Å². The van der Waals surface area contributed by atoms with Gasteiger partial charge in [0.1, 0.15) is 0 Å². The lowest BCUT2D eigenvalue weighted by atomic mass is 9.72. The topological polar surface area (TPSA) is 35.9 Å². The van der Waals surface area contributed by atoms with E-state index in [1.807, 2.05) is 0 Å². The summed E-state index contributed by atoms with van der Waals surface area (Å²) < 4.78 is 6.05. The van der Waals surface area contributed by atoms with Crippen molar-refractivity contribution in [1.82, 2.24) is 4.90 Å². The van der Waals surface area contributed by atoms with Crippen LogP contribution in [-0.4, -0.2) is 61.5 Å². The second kappa shape index (κ2) is 9.40. The molecule has 0 unspecified atom stereocenters. The molecule has 1 aromatic carbocycles. The second-order valence-electron chi connectivity index (χ2n) is 9.45. The first-order valence-corrected chi connectivity index (χ1v) is 10.7. The first kappa shape index (κ1) is 20.6. The van der Waals surface area contributed by atoms with Crippen LogP contribution in [0.5, 0.6) is 0 Å². The van der Waals surface area contributed by atoms with Crippen LogP contribution in [0.1, 0.15) is 46.5 Å². The average molecular weight is 375 g/mol. The lowest BCUT2D eigenvalue weighted by molar-refractivity contribution is -0.0446. The summed E-state index contributed by atoms with van der Waals surface area (Å²) >= 11 is 0. The highest BCUT2D eigenvalue weighted by Gasteiger charge is 2.30. The number of para-hydroxylation sites is 1. The van der Waals surface area contributed by atoms with Gasteiger partial charge in [-0.2, -0.15) is 0 Å². The van der Waals surface area contributed by atoms with Gasteiger partial charge in [0.2, 0.25) is 0 Å². The van der Waals surface area contributed by atoms with Gasteiger partial charge in [0, 0.05) is 38.4 Å². The highest BCUT2D eigenvalue weighted by molar-refractivity contribution is 5.46. The molecule has 4 heteroatoms. The number of benzene rings is 1. The Labute approximate surface area is 165 Å². The third-order valence-electron chi connectivity index (χ3n) is 6.39. The average Bonchev–Trinajstić information content (AvgIpc) is 2.67. The fourth-order valence-electron chi connectivity index (χ4n) is 4.52. The molecule has 2 fully saturated rings. The van der Waals surface area contributed by atoms with Gasteiger partial charge in [-0.15, -0.1) is 0 Å². The number of hydrogen-bond acceptors (Lipinski definition) is 4. The van der Waals surface area contributed by atoms with E-state index in [-0.39, 0.29) is 6.10 Å². The molecule has 0 spiro atoms. The number of anilines is 1. The third-order valence-corrected chi connectivity index (χ3v) is 6.39. The van der Waals surface area contributed by atoms with Crippen molar-refractivity contribution >= 4 is 5.69 Å². The van der Waals surface area contributed by atoms with Crippen molar-refractivity contribution in [2.75, 3.05) is 44.2 Å². The Hall–Kier alpha value is -1.10. The Morgan fingerprint density at radius 3 is 2.22 bits per heavy atom. The molecule has 1 saturated heterocycles. The van der Waals surface area contributed by atoms with E-state index in [1.165, 1.54) is 18.5 Å². The first-order chi connectivity index (χ1) is 12.9. The van der Waals surface area contributed by atoms with Gasteiger partial charge in [0.25, 0.3) is 0 Å². The molecule has 27 heavy (non-hydrogen) atoms. The molecule has 1 aromatic rings. The van der Waals surface area contributed by atoms with Crippen LogP contribution in [0.2, 0.25) is 0 Å². The van der Waals surface area contributed by atoms with Crippen LogP contribution in [0.4, 0.5) is 5.69 Å². The summed E-state index contributed by atoms with van der Waals surface area (Å²) in [7, 11) is 0. The molecule has 3 rings (SSSR count). The van der Waals surface area contributed by atoms with E-state index in [2.05, 4.69) is 60.9 Å². The summed E-state index contributed by atoms with van der Waals surface area (Å²) in [6.45, 7) is 12.3. The number of ether oxygens (including phenoxy) is 1. The molecule has 2 aliphatic rings. The normalized spacial score (nSPS) is 26.1. The van der Waals surface area contributed by atoms with E-state index in [0.29, 0.717) is 18.1 Å². The monoisotopic (exact) mass is 374 g/mol. The molecule has 4 nitrogen and oxygen atoms in total. The number of hydrogen-bond donors (Lipinski definition) is 1. The van der Waals surface area contributed by atoms with E-state index in [4.69, 9.17) is 4.74 Å². The van der Waals surface area contributed by atoms with Gasteiger partial charge in [-0.1, -0.05) is 39.0 Å². The van der Waals surface area contributed by atoms with Crippen LogP contribution in [-0.2, 0) is 4.74 Å². The number of nitrogens with zero attached hydrogens (tertiary/aromatic N) is 2. The summed E-state index contributed by atoms with van der Waals surface area (Å²) in [5, 5.41) is 10.4. The number of β-amino-alcohol motifs (C(OH)–C–C–N with tert-alkyl or cyclic N) is 1. The van der Waals surface area contributed by atoms with Crippen LogP contribution in [0.25, 0.3) is 0 Å². The Morgan fingerprint density at radius 1 is 1.00 bits per heavy atom. The summed E-state index contributed by atoms with van der Waals surface area (Å²) in [4.78, 5) is 4.79. The molecule has 1 aliphatic carbocycles. The third kappa shape index (κ3) is 6.20. The lowest BCUT2D eigenvalue weighted by Crippen LogP contribution is -2.49. The van der Waals surface area contributed by atoms with E-state index in [1.54, 1.807) is 0 Å². The molecule has 1 heterocycles. The fraction of sp³-hybridized carbons (Fsp3) is 0.739. The molecule has 0 amide bonds. The van der Waals surface area contributed by atoms with Gasteiger partial charge in [0.15, 0.2) is 0 Å². The molecular weight excluding hydrogens is 336 g/mol. The van der Waals surface area contributed by atoms with Crippen LogP contribution in [0, 0.1) is 11.3 Å². The molecule has 1 N–H and O–H groups in total. The van der Waals surface area contributed by atoms with E-state index in [9.17, 15) is 5.11 Å². The zero-order valence-corrected chi connectivity index (χ0v) is 17.4. The Kier molecular flexibility index (Phi) is 7.18. The second-order valence-corrected chi connectivity index (χ2v) is 9.45. The van der Waals surface area contributed by atoms with Gasteiger partial charge in [-0.3, -0.25) is 4.90 Å². The maximum absolute atomic E-state index is 10.4. The molecule has 1 atom stereocenters. The quantitative estimate of drug-likeness (QED) is 0.822. The summed E-state index contributed by atoms with van der Waals surface area (Å²) in [6.07, 6.45) is 4.76. The number of piperazine rings is 1. The minimum atomic E-state index is -0.381. The van der Waals surface area contributed by atoms with Crippen molar-refractivity contribution < 1.29 is 9.84 Å². The number of aliphatic hydroxyl groups excluding tert-OH is 1. The molecule has 0 radical (unpaired) electrons. The van der Waals surface area contributed by atoms with Crippen LogP contribution >= 0.6 is 0 Å². The van der Waals surface area contributed by atoms with Gasteiger partial charge in [-0.25, -0.2) is 0 Å². The maximum Gasteiger partial charge on any atom is 0.0900 e. The lowest BCUT2D eigenvalue weighted by Gasteiger charge is -2.38. The summed E-state index contributed by atoms with van der Waals surface area (Å²) in [5.41, 5.74) is 1.71. The molecule has 1 aliphatic heterocycles. The predicted octanol–water partition coefficient (Wildman–Crippen LogP) is 3.79. The minimum absolute atomic E-state index is 0.341. The van der Waals surface area contributed by atoms with E-state index in [0.717, 1.165) is 51.5 Å². The standard InChI is InChI=1S/C23H38N2O2/c1-23(2,3)19-9-11-22(12-10-19)27-18-21(26)17-24-13-15-25(16-14-24)20-7-5-4-6-8-20/h4-8,19,21-22,26H,9-18H2,1-3H3/t19?,21-,22?/m0/s1. The zero-order valence-electron chi connectivity index (χ0n) is 17.4. The smallest absolute Gasteiger partial charge is 0.0900 e. The van der Waals surface area contributed by atoms with Crippen molar-refractivity contribution in [3.8, 4) is 0 Å². The summed E-state index contributed by atoms with van der Waals surface area (Å²) in [6, 6.07) is 10.6. The van der Waals surface area contributed by atoms with Crippen molar-refractivity contribution in [3.05, 3.63) is 30.3 Å². The molecule has 0 aromatic heterocycles. The SMILES string of the molecule is CC(C)(C)C1CCC(OC[C@@H](O)CN2CCN(c3ccccc3)CC2)CC1. The summed E-state index contributed by atoms with van der Waals surface area (Å²) in [5.74, 6) is 0.809. The first-order valence-electron chi connectivity index (χ1n) is 10.7. The van der Waals surface area contributed by atoms with E-state index < -0.39 is 0 Å². The number of rotatable bonds is 6. The van der Waals surface area contributed by atoms with Crippen molar-refractivity contribution in [2.45, 2.75) is 58.7 Å². The molecule has 0 bridgehead atoms. The zero-order chi connectivity index (χ0) is 19.3. The van der Waals surface area contributed by atoms with Gasteiger partial charge in [0.05, 0.1) is 18.8 Å². The van der Waals surface area contributed by atoms with Crippen LogP contribution in [0.3, 0.4) is 0 Å². The van der Waals surface area contributed by atoms with Crippen molar-refractivity contribution in [3.63, 3.8) is 0 Å². The molecule has 152 valence electrons. The Balaban J connectivity index is 1.32. The highest BCUT2D eigenvalue weighted by Crippen LogP contribution is 2.38. The van der Waals surface area contributed by atoms with Gasteiger partial charge < -0.3 is 14.7 Å². The Morgan fingerprint density at radius 2 is 1.63 bits per heavy atom. The Bertz CT molecular complexity index is 541. The maximum atomic E-state index is 10.4. The van der Waals surface area contributed by atoms with Crippen molar-refractivity contribution in [1.29, 1.82) is 0 Å². The predicted molar refractivity (Wildman–Crippen MR) is 112 cm³/mol. The van der Waals surface area contributed by atoms with Crippen LogP contribution < -0.4 is 4.90 Å². The fourth-order valence-corrected chi connectivity index (χ4v) is 4.52. The van der Waals surface area contributed by atoms with E-state index >= 15 is 0 Å². The molecule has 1 saturated carbocycles. The van der Waals surface area contributed by atoms with Crippen LogP contribution in [0.15, 0.2) is 30.3 Å². The number of aliphatic hydroxyl groups is 1. The van der Waals surface area contributed by atoms with Gasteiger partial charge >= 0.3 is 0 Å². The highest BCUT2D eigenvalue weighted by atomic mass is 16.5.